The molecule has 1 atom stereocenters. The van der Waals surface area contributed by atoms with Crippen molar-refractivity contribution >= 4 is 35.8 Å². The molecule has 0 aliphatic carbocycles. The first kappa shape index (κ1) is 23.2. The molecule has 1 amide bonds. The summed E-state index contributed by atoms with van der Waals surface area (Å²) in [5.74, 6) is 0.446. The van der Waals surface area contributed by atoms with E-state index >= 15 is 0 Å². The number of hydrogen-bond acceptors (Lipinski definition) is 3. The van der Waals surface area contributed by atoms with Crippen molar-refractivity contribution in [3.8, 4) is 0 Å². The summed E-state index contributed by atoms with van der Waals surface area (Å²) in [6, 6.07) is 0.0195. The van der Waals surface area contributed by atoms with Gasteiger partial charge in [-0.1, -0.05) is 0 Å². The first-order chi connectivity index (χ1) is 10.7. The smallest absolute Gasteiger partial charge is 0.356 e. The van der Waals surface area contributed by atoms with Crippen molar-refractivity contribution in [1.82, 2.24) is 20.9 Å². The molecule has 0 saturated carbocycles. The number of hydrogen-bond donors (Lipinski definition) is 3. The van der Waals surface area contributed by atoms with Crippen LogP contribution >= 0.6 is 24.0 Å². The summed E-state index contributed by atoms with van der Waals surface area (Å²) in [6.07, 6.45) is -3.23. The van der Waals surface area contributed by atoms with Gasteiger partial charge in [-0.15, -0.1) is 24.0 Å². The van der Waals surface area contributed by atoms with Crippen LogP contribution in [0.4, 0.5) is 13.2 Å². The van der Waals surface area contributed by atoms with Gasteiger partial charge in [0, 0.05) is 45.2 Å². The van der Waals surface area contributed by atoms with Gasteiger partial charge in [0.05, 0.1) is 6.54 Å². The lowest BCUT2D eigenvalue weighted by molar-refractivity contribution is -0.143. The van der Waals surface area contributed by atoms with E-state index in [-0.39, 0.29) is 42.0 Å². The molecule has 0 aromatic heterocycles. The Morgan fingerprint density at radius 2 is 2.04 bits per heavy atom. The van der Waals surface area contributed by atoms with E-state index in [9.17, 15) is 18.0 Å². The van der Waals surface area contributed by atoms with E-state index in [1.54, 1.807) is 7.05 Å². The Labute approximate surface area is 158 Å². The molecule has 0 bridgehead atoms. The second-order valence-corrected chi connectivity index (χ2v) is 5.95. The second kappa shape index (κ2) is 11.0. The Balaban J connectivity index is 0.00000529. The van der Waals surface area contributed by atoms with Crippen molar-refractivity contribution in [2.45, 2.75) is 44.9 Å². The molecular formula is C14H27F3IN5O. The van der Waals surface area contributed by atoms with Gasteiger partial charge in [-0.25, -0.2) is 0 Å². The van der Waals surface area contributed by atoms with Gasteiger partial charge >= 0.3 is 6.18 Å². The van der Waals surface area contributed by atoms with E-state index in [4.69, 9.17) is 0 Å². The lowest BCUT2D eigenvalue weighted by Crippen LogP contribution is -2.46. The number of aliphatic imine (C=N–C) groups is 1. The molecule has 0 aromatic carbocycles. The average molecular weight is 465 g/mol. The van der Waals surface area contributed by atoms with Gasteiger partial charge in [0.2, 0.25) is 5.91 Å². The average Bonchev–Trinajstić information content (AvgIpc) is 2.81. The third-order valence-electron chi connectivity index (χ3n) is 3.33. The normalized spacial score (nSPS) is 19.1. The lowest BCUT2D eigenvalue weighted by Gasteiger charge is -2.19. The fraction of sp³-hybridized carbons (Fsp3) is 0.857. The van der Waals surface area contributed by atoms with Crippen LogP contribution in [0.5, 0.6) is 0 Å². The number of amides is 1. The molecule has 6 nitrogen and oxygen atoms in total. The van der Waals surface area contributed by atoms with Gasteiger partial charge < -0.3 is 16.0 Å². The molecule has 1 aliphatic rings. The number of nitrogens with one attached hydrogen (secondary N) is 3. The third kappa shape index (κ3) is 10.2. The van der Waals surface area contributed by atoms with Crippen LogP contribution in [0.2, 0.25) is 0 Å². The van der Waals surface area contributed by atoms with Crippen molar-refractivity contribution in [2.24, 2.45) is 4.99 Å². The summed E-state index contributed by atoms with van der Waals surface area (Å²) in [5, 5.41) is 8.88. The van der Waals surface area contributed by atoms with E-state index < -0.39 is 12.7 Å². The van der Waals surface area contributed by atoms with Gasteiger partial charge in [-0.3, -0.25) is 14.7 Å². The van der Waals surface area contributed by atoms with Crippen molar-refractivity contribution in [3.05, 3.63) is 0 Å². The predicted molar refractivity (Wildman–Crippen MR) is 98.7 cm³/mol. The summed E-state index contributed by atoms with van der Waals surface area (Å²) in [5.41, 5.74) is 0. The van der Waals surface area contributed by atoms with Crippen molar-refractivity contribution in [3.63, 3.8) is 0 Å². The van der Waals surface area contributed by atoms with Crippen LogP contribution in [0.1, 0.15) is 26.7 Å². The van der Waals surface area contributed by atoms with Crippen LogP contribution in [-0.2, 0) is 4.79 Å². The molecule has 1 heterocycles. The molecule has 1 rings (SSSR count). The van der Waals surface area contributed by atoms with Crippen LogP contribution in [0.25, 0.3) is 0 Å². The zero-order valence-electron chi connectivity index (χ0n) is 14.2. The molecule has 3 N–H and O–H groups in total. The Bertz CT molecular complexity index is 418. The number of guanidine groups is 1. The minimum atomic E-state index is -4.17. The fourth-order valence-electron chi connectivity index (χ4n) is 2.42. The SMILES string of the molecule is CN=C(NCCC(=O)NC(C)C)NC1CCN(CC(F)(F)F)C1.I. The van der Waals surface area contributed by atoms with Crippen LogP contribution in [-0.4, -0.2) is 68.3 Å². The zero-order chi connectivity index (χ0) is 17.5. The van der Waals surface area contributed by atoms with Crippen molar-refractivity contribution in [1.29, 1.82) is 0 Å². The van der Waals surface area contributed by atoms with Gasteiger partial charge in [0.25, 0.3) is 0 Å². The molecule has 1 aliphatic heterocycles. The Hall–Kier alpha value is -0.780. The van der Waals surface area contributed by atoms with Crippen LogP contribution in [0.15, 0.2) is 4.99 Å². The van der Waals surface area contributed by atoms with Crippen LogP contribution in [0, 0.1) is 0 Å². The molecule has 0 radical (unpaired) electrons. The molecule has 24 heavy (non-hydrogen) atoms. The highest BCUT2D eigenvalue weighted by atomic mass is 127. The molecule has 1 saturated heterocycles. The second-order valence-electron chi connectivity index (χ2n) is 5.95. The highest BCUT2D eigenvalue weighted by Crippen LogP contribution is 2.19. The number of alkyl halides is 3. The van der Waals surface area contributed by atoms with Crippen LogP contribution in [0.3, 0.4) is 0 Å². The maximum Gasteiger partial charge on any atom is 0.401 e. The number of likely N-dealkylation sites (tertiary alicyclic amines) is 1. The van der Waals surface area contributed by atoms with E-state index in [1.807, 2.05) is 13.8 Å². The summed E-state index contributed by atoms with van der Waals surface area (Å²) in [7, 11) is 1.59. The summed E-state index contributed by atoms with van der Waals surface area (Å²) in [6.45, 7) is 4.04. The van der Waals surface area contributed by atoms with E-state index in [0.717, 1.165) is 0 Å². The molecule has 1 fully saturated rings. The molecule has 0 spiro atoms. The molecule has 10 heteroatoms. The summed E-state index contributed by atoms with van der Waals surface area (Å²) >= 11 is 0. The van der Waals surface area contributed by atoms with Crippen molar-refractivity contribution < 1.29 is 18.0 Å². The highest BCUT2D eigenvalue weighted by Gasteiger charge is 2.34. The van der Waals surface area contributed by atoms with Gasteiger partial charge in [0.15, 0.2) is 5.96 Å². The fourth-order valence-corrected chi connectivity index (χ4v) is 2.42. The quantitative estimate of drug-likeness (QED) is 0.315. The minimum absolute atomic E-state index is 0. The Kier molecular flexibility index (Phi) is 10.6. The molecular weight excluding hydrogens is 438 g/mol. The zero-order valence-corrected chi connectivity index (χ0v) is 16.6. The maximum atomic E-state index is 12.4. The number of carbonyl (C=O) groups is 1. The first-order valence-electron chi connectivity index (χ1n) is 7.75. The first-order valence-corrected chi connectivity index (χ1v) is 7.75. The van der Waals surface area contributed by atoms with Crippen LogP contribution < -0.4 is 16.0 Å². The number of carbonyl (C=O) groups excluding carboxylic acids is 1. The van der Waals surface area contributed by atoms with E-state index in [1.165, 1.54) is 4.90 Å². The Morgan fingerprint density at radius 3 is 2.58 bits per heavy atom. The van der Waals surface area contributed by atoms with Gasteiger partial charge in [-0.2, -0.15) is 13.2 Å². The third-order valence-corrected chi connectivity index (χ3v) is 3.33. The predicted octanol–water partition coefficient (Wildman–Crippen LogP) is 1.32. The number of rotatable bonds is 6. The number of halogens is 4. The largest absolute Gasteiger partial charge is 0.401 e. The van der Waals surface area contributed by atoms with E-state index in [0.29, 0.717) is 38.4 Å². The topological polar surface area (TPSA) is 68.8 Å². The Morgan fingerprint density at radius 1 is 1.38 bits per heavy atom. The van der Waals surface area contributed by atoms with E-state index in [2.05, 4.69) is 20.9 Å². The molecule has 0 aromatic rings. The monoisotopic (exact) mass is 465 g/mol. The number of nitrogens with zero attached hydrogens (tertiary/aromatic N) is 2. The summed E-state index contributed by atoms with van der Waals surface area (Å²) < 4.78 is 37.1. The summed E-state index contributed by atoms with van der Waals surface area (Å²) in [4.78, 5) is 16.9. The standard InChI is InChI=1S/C14H26F3N5O.HI/c1-10(2)20-12(23)4-6-19-13(18-3)21-11-5-7-22(8-11)9-14(15,16)17;/h10-11H,4-9H2,1-3H3,(H,20,23)(H2,18,19,21);1H. The van der Waals surface area contributed by atoms with Crippen molar-refractivity contribution in [2.75, 3.05) is 33.2 Å². The lowest BCUT2D eigenvalue weighted by atomic mass is 10.3. The van der Waals surface area contributed by atoms with Gasteiger partial charge in [0.1, 0.15) is 0 Å². The minimum Gasteiger partial charge on any atom is -0.356 e. The van der Waals surface area contributed by atoms with Gasteiger partial charge in [-0.05, 0) is 20.3 Å². The molecule has 1 unspecified atom stereocenters. The maximum absolute atomic E-state index is 12.4. The molecule has 142 valence electrons. The highest BCUT2D eigenvalue weighted by molar-refractivity contribution is 14.0.